The van der Waals surface area contributed by atoms with Crippen LogP contribution in [0.1, 0.15) is 11.1 Å². The number of nitrogens with one attached hydrogen (secondary N) is 1. The molecule has 0 radical (unpaired) electrons. The number of rotatable bonds is 2. The molecule has 1 aliphatic heterocycles. The van der Waals surface area contributed by atoms with Crippen molar-refractivity contribution in [3.8, 4) is 0 Å². The van der Waals surface area contributed by atoms with E-state index >= 15 is 0 Å². The van der Waals surface area contributed by atoms with Crippen molar-refractivity contribution < 1.29 is 4.79 Å². The summed E-state index contributed by atoms with van der Waals surface area (Å²) in [6.45, 7) is 7.12. The number of carbonyl (C=O) groups excluding carboxylic acids is 1. The summed E-state index contributed by atoms with van der Waals surface area (Å²) < 4.78 is 0. The fraction of sp³-hybridized carbons (Fsp3) is 0.316. The average molecular weight is 344 g/mol. The summed E-state index contributed by atoms with van der Waals surface area (Å²) in [5, 5.41) is 3.59. The van der Waals surface area contributed by atoms with Gasteiger partial charge in [0.25, 0.3) is 0 Å². The first-order valence-corrected chi connectivity index (χ1v) is 8.54. The van der Waals surface area contributed by atoms with Gasteiger partial charge < -0.3 is 15.1 Å². The summed E-state index contributed by atoms with van der Waals surface area (Å²) >= 11 is 6.11. The summed E-state index contributed by atoms with van der Waals surface area (Å²) in [5.41, 5.74) is 4.21. The predicted molar refractivity (Wildman–Crippen MR) is 100 cm³/mol. The average Bonchev–Trinajstić information content (AvgIpc) is 2.59. The van der Waals surface area contributed by atoms with Crippen LogP contribution in [0.15, 0.2) is 42.5 Å². The Morgan fingerprint density at radius 2 is 1.67 bits per heavy atom. The molecular weight excluding hydrogens is 322 g/mol. The molecule has 0 saturated carbocycles. The van der Waals surface area contributed by atoms with Crippen molar-refractivity contribution in [1.82, 2.24) is 4.90 Å². The zero-order chi connectivity index (χ0) is 17.1. The van der Waals surface area contributed by atoms with E-state index in [0.29, 0.717) is 18.1 Å². The van der Waals surface area contributed by atoms with Crippen LogP contribution in [0.4, 0.5) is 16.2 Å². The van der Waals surface area contributed by atoms with Crippen LogP contribution < -0.4 is 10.2 Å². The predicted octanol–water partition coefficient (Wildman–Crippen LogP) is 4.31. The SMILES string of the molecule is Cc1ccc(N2CCN(C(=O)Nc3ccc(C)c(Cl)c3)CC2)cc1. The lowest BCUT2D eigenvalue weighted by atomic mass is 10.2. The van der Waals surface area contributed by atoms with E-state index in [9.17, 15) is 4.79 Å². The lowest BCUT2D eigenvalue weighted by molar-refractivity contribution is 0.208. The van der Waals surface area contributed by atoms with Gasteiger partial charge in [-0.3, -0.25) is 0 Å². The third kappa shape index (κ3) is 3.82. The third-order valence-electron chi connectivity index (χ3n) is 4.39. The largest absolute Gasteiger partial charge is 0.368 e. The van der Waals surface area contributed by atoms with Gasteiger partial charge in [-0.25, -0.2) is 4.79 Å². The fourth-order valence-corrected chi connectivity index (χ4v) is 2.98. The maximum atomic E-state index is 12.4. The second-order valence-corrected chi connectivity index (χ2v) is 6.61. The van der Waals surface area contributed by atoms with Crippen molar-refractivity contribution in [3.63, 3.8) is 0 Å². The van der Waals surface area contributed by atoms with Crippen molar-refractivity contribution in [1.29, 1.82) is 0 Å². The molecule has 126 valence electrons. The van der Waals surface area contributed by atoms with Crippen LogP contribution in [-0.4, -0.2) is 37.1 Å². The zero-order valence-electron chi connectivity index (χ0n) is 14.1. The first-order chi connectivity index (χ1) is 11.5. The van der Waals surface area contributed by atoms with Crippen LogP contribution in [0.25, 0.3) is 0 Å². The van der Waals surface area contributed by atoms with E-state index in [0.717, 1.165) is 24.3 Å². The molecule has 0 bridgehead atoms. The lowest BCUT2D eigenvalue weighted by Crippen LogP contribution is -2.50. The summed E-state index contributed by atoms with van der Waals surface area (Å²) in [7, 11) is 0. The number of nitrogens with zero attached hydrogens (tertiary/aromatic N) is 2. The van der Waals surface area contributed by atoms with Gasteiger partial charge in [0.05, 0.1) is 0 Å². The third-order valence-corrected chi connectivity index (χ3v) is 4.80. The van der Waals surface area contributed by atoms with Crippen LogP contribution in [0, 0.1) is 13.8 Å². The highest BCUT2D eigenvalue weighted by Crippen LogP contribution is 2.21. The molecule has 1 heterocycles. The van der Waals surface area contributed by atoms with Gasteiger partial charge in [-0.15, -0.1) is 0 Å². The topological polar surface area (TPSA) is 35.6 Å². The lowest BCUT2D eigenvalue weighted by Gasteiger charge is -2.36. The first kappa shape index (κ1) is 16.7. The summed E-state index contributed by atoms with van der Waals surface area (Å²) in [6.07, 6.45) is 0. The van der Waals surface area contributed by atoms with Gasteiger partial charge >= 0.3 is 6.03 Å². The molecule has 1 saturated heterocycles. The first-order valence-electron chi connectivity index (χ1n) is 8.16. The van der Waals surface area contributed by atoms with Crippen molar-refractivity contribution in [3.05, 3.63) is 58.6 Å². The fourth-order valence-electron chi connectivity index (χ4n) is 2.80. The molecule has 0 aliphatic carbocycles. The maximum Gasteiger partial charge on any atom is 0.321 e. The van der Waals surface area contributed by atoms with Crippen LogP contribution in [0.2, 0.25) is 5.02 Å². The van der Waals surface area contributed by atoms with E-state index in [2.05, 4.69) is 41.4 Å². The van der Waals surface area contributed by atoms with E-state index in [1.54, 1.807) is 6.07 Å². The molecule has 0 unspecified atom stereocenters. The van der Waals surface area contributed by atoms with Crippen LogP contribution >= 0.6 is 11.6 Å². The molecule has 1 fully saturated rings. The highest BCUT2D eigenvalue weighted by molar-refractivity contribution is 6.31. The van der Waals surface area contributed by atoms with Gasteiger partial charge in [-0.05, 0) is 43.7 Å². The molecule has 0 atom stereocenters. The van der Waals surface area contributed by atoms with Gasteiger partial charge in [-0.1, -0.05) is 35.4 Å². The zero-order valence-corrected chi connectivity index (χ0v) is 14.8. The number of hydrogen-bond donors (Lipinski definition) is 1. The van der Waals surface area contributed by atoms with Crippen molar-refractivity contribution >= 4 is 29.0 Å². The molecule has 0 spiro atoms. The molecule has 2 aromatic rings. The molecule has 1 N–H and O–H groups in total. The van der Waals surface area contributed by atoms with E-state index < -0.39 is 0 Å². The molecule has 4 nitrogen and oxygen atoms in total. The Kier molecular flexibility index (Phi) is 4.95. The number of piperazine rings is 1. The number of aryl methyl sites for hydroxylation is 2. The second-order valence-electron chi connectivity index (χ2n) is 6.20. The number of anilines is 2. The van der Waals surface area contributed by atoms with Gasteiger partial charge in [0.1, 0.15) is 0 Å². The van der Waals surface area contributed by atoms with Crippen molar-refractivity contribution in [2.75, 3.05) is 36.4 Å². The van der Waals surface area contributed by atoms with E-state index in [-0.39, 0.29) is 6.03 Å². The van der Waals surface area contributed by atoms with Gasteiger partial charge in [0.2, 0.25) is 0 Å². The minimum absolute atomic E-state index is 0.0709. The molecule has 24 heavy (non-hydrogen) atoms. The molecule has 5 heteroatoms. The molecule has 0 aromatic heterocycles. The minimum Gasteiger partial charge on any atom is -0.368 e. The van der Waals surface area contributed by atoms with E-state index in [4.69, 9.17) is 11.6 Å². The molecule has 2 aromatic carbocycles. The Labute approximate surface area is 148 Å². The number of carbonyl (C=O) groups is 1. The highest BCUT2D eigenvalue weighted by atomic mass is 35.5. The van der Waals surface area contributed by atoms with Crippen LogP contribution in [0.3, 0.4) is 0 Å². The van der Waals surface area contributed by atoms with Crippen molar-refractivity contribution in [2.45, 2.75) is 13.8 Å². The number of amides is 2. The Hall–Kier alpha value is -2.20. The maximum absolute atomic E-state index is 12.4. The van der Waals surface area contributed by atoms with E-state index in [1.165, 1.54) is 11.3 Å². The smallest absolute Gasteiger partial charge is 0.321 e. The van der Waals surface area contributed by atoms with E-state index in [1.807, 2.05) is 24.0 Å². The molecule has 1 aliphatic rings. The Balaban J connectivity index is 1.56. The molecular formula is C19H22ClN3O. The highest BCUT2D eigenvalue weighted by Gasteiger charge is 2.21. The molecule has 2 amide bonds. The van der Waals surface area contributed by atoms with Crippen LogP contribution in [0.5, 0.6) is 0 Å². The normalized spacial score (nSPS) is 14.6. The number of urea groups is 1. The second kappa shape index (κ2) is 7.14. The molecule has 3 rings (SSSR count). The van der Waals surface area contributed by atoms with Crippen molar-refractivity contribution in [2.24, 2.45) is 0 Å². The summed E-state index contributed by atoms with van der Waals surface area (Å²) in [4.78, 5) is 16.6. The Morgan fingerprint density at radius 3 is 2.29 bits per heavy atom. The summed E-state index contributed by atoms with van der Waals surface area (Å²) in [5.74, 6) is 0. The Bertz CT molecular complexity index is 722. The summed E-state index contributed by atoms with van der Waals surface area (Å²) in [6, 6.07) is 14.0. The van der Waals surface area contributed by atoms with Crippen LogP contribution in [-0.2, 0) is 0 Å². The number of halogens is 1. The standard InChI is InChI=1S/C19H22ClN3O/c1-14-3-7-17(8-4-14)22-9-11-23(12-10-22)19(24)21-16-6-5-15(2)18(20)13-16/h3-8,13H,9-12H2,1-2H3,(H,21,24). The van der Waals surface area contributed by atoms with Gasteiger partial charge in [0, 0.05) is 42.6 Å². The minimum atomic E-state index is -0.0709. The number of benzene rings is 2. The van der Waals surface area contributed by atoms with Gasteiger partial charge in [-0.2, -0.15) is 0 Å². The number of hydrogen-bond acceptors (Lipinski definition) is 2. The quantitative estimate of drug-likeness (QED) is 0.881. The Morgan fingerprint density at radius 1 is 1.00 bits per heavy atom. The monoisotopic (exact) mass is 343 g/mol. The van der Waals surface area contributed by atoms with Gasteiger partial charge in [0.15, 0.2) is 0 Å².